The molecule has 4 aliphatic carbocycles. The molecule has 2 aliphatic heterocycles. The largest absolute Gasteiger partial charge is 0.391 e. The van der Waals surface area contributed by atoms with Crippen molar-refractivity contribution in [3.8, 4) is 0 Å². The lowest BCUT2D eigenvalue weighted by Gasteiger charge is -2.61. The minimum absolute atomic E-state index is 0.123. The monoisotopic (exact) mass is 442 g/mol. The highest BCUT2D eigenvalue weighted by Crippen LogP contribution is 2.70. The maximum Gasteiger partial charge on any atom is 0.207 e. The number of nitrogens with zero attached hydrogens (tertiary/aromatic N) is 1. The average molecular weight is 443 g/mol. The van der Waals surface area contributed by atoms with Gasteiger partial charge in [-0.15, -0.1) is 0 Å². The van der Waals surface area contributed by atoms with Crippen molar-refractivity contribution in [1.29, 1.82) is 0 Å². The number of hydrogen-bond donors (Lipinski definition) is 2. The third-order valence-electron chi connectivity index (χ3n) is 12.6. The molecule has 1 amide bonds. The van der Waals surface area contributed by atoms with Gasteiger partial charge in [-0.2, -0.15) is 0 Å². The highest BCUT2D eigenvalue weighted by atomic mass is 16.3. The van der Waals surface area contributed by atoms with Crippen molar-refractivity contribution >= 4 is 6.41 Å². The van der Waals surface area contributed by atoms with Gasteiger partial charge in [0.15, 0.2) is 0 Å². The second-order valence-electron chi connectivity index (χ2n) is 13.7. The molecule has 0 radical (unpaired) electrons. The van der Waals surface area contributed by atoms with Gasteiger partial charge in [0, 0.05) is 24.7 Å². The third kappa shape index (κ3) is 2.84. The smallest absolute Gasteiger partial charge is 0.207 e. The van der Waals surface area contributed by atoms with Gasteiger partial charge in [0.05, 0.1) is 6.10 Å². The van der Waals surface area contributed by atoms with Gasteiger partial charge in [-0.1, -0.05) is 27.7 Å². The fourth-order valence-electron chi connectivity index (χ4n) is 11.4. The van der Waals surface area contributed by atoms with E-state index in [9.17, 15) is 9.90 Å². The molecule has 32 heavy (non-hydrogen) atoms. The lowest BCUT2D eigenvalue weighted by Crippen LogP contribution is -2.56. The lowest BCUT2D eigenvalue weighted by molar-refractivity contribution is -0.123. The van der Waals surface area contributed by atoms with E-state index in [1.54, 1.807) is 0 Å². The fourth-order valence-corrected chi connectivity index (χ4v) is 11.4. The zero-order chi connectivity index (χ0) is 22.4. The van der Waals surface area contributed by atoms with Crippen LogP contribution in [0.1, 0.15) is 85.5 Å². The quantitative estimate of drug-likeness (QED) is 0.621. The Labute approximate surface area is 195 Å². The van der Waals surface area contributed by atoms with Crippen LogP contribution in [0.5, 0.6) is 0 Å². The molecule has 13 atom stereocenters. The van der Waals surface area contributed by atoms with Crippen molar-refractivity contribution in [2.45, 2.75) is 110 Å². The Bertz CT molecular complexity index is 758. The molecular weight excluding hydrogens is 396 g/mol. The van der Waals surface area contributed by atoms with Gasteiger partial charge >= 0.3 is 0 Å². The molecule has 13 unspecified atom stereocenters. The highest BCUT2D eigenvalue weighted by molar-refractivity contribution is 5.46. The van der Waals surface area contributed by atoms with E-state index in [1.807, 2.05) is 0 Å². The van der Waals surface area contributed by atoms with Gasteiger partial charge in [-0.3, -0.25) is 9.69 Å². The first-order chi connectivity index (χ1) is 15.3. The van der Waals surface area contributed by atoms with E-state index in [4.69, 9.17) is 0 Å². The summed E-state index contributed by atoms with van der Waals surface area (Å²) in [4.78, 5) is 13.8. The Morgan fingerprint density at radius 1 is 0.969 bits per heavy atom. The molecule has 0 spiro atoms. The summed E-state index contributed by atoms with van der Waals surface area (Å²) in [5.74, 6) is 5.47. The number of nitrogens with one attached hydrogen (secondary N) is 1. The van der Waals surface area contributed by atoms with Crippen LogP contribution in [0.25, 0.3) is 0 Å². The van der Waals surface area contributed by atoms with E-state index in [0.29, 0.717) is 40.8 Å². The fraction of sp³-hybridized carbons (Fsp3) is 0.964. The summed E-state index contributed by atoms with van der Waals surface area (Å²) < 4.78 is 0. The maximum absolute atomic E-state index is 11.0. The van der Waals surface area contributed by atoms with Gasteiger partial charge in [0.1, 0.15) is 0 Å². The summed E-state index contributed by atoms with van der Waals surface area (Å²) in [6.07, 6.45) is 12.5. The first-order valence-electron chi connectivity index (χ1n) is 13.9. The van der Waals surface area contributed by atoms with E-state index in [-0.39, 0.29) is 6.10 Å². The van der Waals surface area contributed by atoms with Crippen molar-refractivity contribution in [1.82, 2.24) is 10.2 Å². The number of amides is 1. The standard InChI is InChI=1S/C28H46N2O2/c1-16-11-24(32)26-17(2)25-23(30(26)14-16)13-22-20-6-5-18-12-19(29-15-31)7-9-27(18,3)21(20)8-10-28(22,25)4/h15-26,32H,5-14H2,1-4H3,(H,29,31). The highest BCUT2D eigenvalue weighted by Gasteiger charge is 2.67. The number of carbonyl (C=O) groups is 1. The molecule has 4 nitrogen and oxygen atoms in total. The third-order valence-corrected chi connectivity index (χ3v) is 12.6. The van der Waals surface area contributed by atoms with Crippen LogP contribution in [-0.2, 0) is 4.79 Å². The van der Waals surface area contributed by atoms with E-state index >= 15 is 0 Å². The Balaban J connectivity index is 1.26. The molecule has 180 valence electrons. The van der Waals surface area contributed by atoms with Crippen LogP contribution in [0, 0.1) is 52.3 Å². The van der Waals surface area contributed by atoms with E-state index in [2.05, 4.69) is 37.9 Å². The van der Waals surface area contributed by atoms with Crippen molar-refractivity contribution in [2.24, 2.45) is 52.3 Å². The Morgan fingerprint density at radius 2 is 1.75 bits per heavy atom. The van der Waals surface area contributed by atoms with E-state index in [0.717, 1.165) is 42.4 Å². The molecule has 6 fully saturated rings. The summed E-state index contributed by atoms with van der Waals surface area (Å²) in [6.45, 7) is 11.3. The van der Waals surface area contributed by atoms with Crippen molar-refractivity contribution < 1.29 is 9.90 Å². The van der Waals surface area contributed by atoms with Gasteiger partial charge in [-0.05, 0) is 110 Å². The van der Waals surface area contributed by atoms with Crippen LogP contribution in [-0.4, -0.2) is 47.2 Å². The predicted octanol–water partition coefficient (Wildman–Crippen LogP) is 4.46. The van der Waals surface area contributed by atoms with Gasteiger partial charge < -0.3 is 10.4 Å². The van der Waals surface area contributed by atoms with Crippen molar-refractivity contribution in [3.05, 3.63) is 0 Å². The molecule has 0 aromatic heterocycles. The van der Waals surface area contributed by atoms with E-state index < -0.39 is 0 Å². The second kappa shape index (κ2) is 7.44. The van der Waals surface area contributed by atoms with E-state index in [1.165, 1.54) is 57.9 Å². The second-order valence-corrected chi connectivity index (χ2v) is 13.7. The van der Waals surface area contributed by atoms with Crippen LogP contribution in [0.2, 0.25) is 0 Å². The summed E-state index contributed by atoms with van der Waals surface area (Å²) in [6, 6.07) is 1.52. The first kappa shape index (κ1) is 21.9. The molecule has 0 aromatic carbocycles. The minimum Gasteiger partial charge on any atom is -0.391 e. The lowest BCUT2D eigenvalue weighted by atomic mass is 9.44. The number of hydrogen-bond acceptors (Lipinski definition) is 3. The van der Waals surface area contributed by atoms with Gasteiger partial charge in [-0.25, -0.2) is 0 Å². The number of piperidine rings is 1. The number of aliphatic hydroxyl groups is 1. The van der Waals surface area contributed by atoms with Gasteiger partial charge in [0.2, 0.25) is 6.41 Å². The maximum atomic E-state index is 11.0. The molecule has 0 aromatic rings. The Morgan fingerprint density at radius 3 is 2.53 bits per heavy atom. The number of aliphatic hydroxyl groups excluding tert-OH is 1. The molecule has 2 N–H and O–H groups in total. The molecule has 0 bridgehead atoms. The minimum atomic E-state index is -0.123. The number of rotatable bonds is 2. The zero-order valence-corrected chi connectivity index (χ0v) is 20.8. The summed E-state index contributed by atoms with van der Waals surface area (Å²) in [5, 5.41) is 14.1. The molecule has 2 heterocycles. The van der Waals surface area contributed by atoms with Crippen LogP contribution in [0.3, 0.4) is 0 Å². The summed E-state index contributed by atoms with van der Waals surface area (Å²) in [5.41, 5.74) is 0.942. The SMILES string of the molecule is CC1CC(O)C2C(C)C3C(CC4C5CCC6CC(NC=O)CCC6(C)C5CCC43C)N2C1. The van der Waals surface area contributed by atoms with Crippen LogP contribution >= 0.6 is 0 Å². The summed E-state index contributed by atoms with van der Waals surface area (Å²) >= 11 is 0. The molecule has 6 rings (SSSR count). The Kier molecular flexibility index (Phi) is 5.09. The number of fused-ring (bicyclic) bond motifs is 9. The molecule has 2 saturated heterocycles. The van der Waals surface area contributed by atoms with Crippen LogP contribution in [0.4, 0.5) is 0 Å². The van der Waals surface area contributed by atoms with Crippen LogP contribution in [0.15, 0.2) is 0 Å². The average Bonchev–Trinajstić information content (AvgIpc) is 3.21. The predicted molar refractivity (Wildman–Crippen MR) is 127 cm³/mol. The first-order valence-corrected chi connectivity index (χ1v) is 13.9. The Hall–Kier alpha value is -0.610. The topological polar surface area (TPSA) is 52.6 Å². The molecular formula is C28H46N2O2. The van der Waals surface area contributed by atoms with Crippen LogP contribution < -0.4 is 5.32 Å². The van der Waals surface area contributed by atoms with Crippen molar-refractivity contribution in [2.75, 3.05) is 6.54 Å². The number of carbonyl (C=O) groups excluding carboxylic acids is 1. The zero-order valence-electron chi connectivity index (χ0n) is 20.8. The van der Waals surface area contributed by atoms with Crippen molar-refractivity contribution in [3.63, 3.8) is 0 Å². The molecule has 4 heteroatoms. The van der Waals surface area contributed by atoms with Gasteiger partial charge in [0.25, 0.3) is 0 Å². The molecule has 6 aliphatic rings. The summed E-state index contributed by atoms with van der Waals surface area (Å²) in [7, 11) is 0. The molecule has 4 saturated carbocycles. The normalized spacial score (nSPS) is 59.3.